The predicted molar refractivity (Wildman–Crippen MR) is 81.0 cm³/mol. The molecule has 1 heterocycles. The molecular weight excluding hydrogens is 236 g/mol. The van der Waals surface area contributed by atoms with Crippen LogP contribution in [0, 0.1) is 5.41 Å². The average molecular weight is 256 g/mol. The molecule has 0 bridgehead atoms. The summed E-state index contributed by atoms with van der Waals surface area (Å²) in [5.41, 5.74) is 1.09. The first-order valence-corrected chi connectivity index (χ1v) is 6.46. The molecule has 100 valence electrons. The highest BCUT2D eigenvalue weighted by molar-refractivity contribution is 6.06. The lowest BCUT2D eigenvalue weighted by Gasteiger charge is -2.35. The van der Waals surface area contributed by atoms with Crippen molar-refractivity contribution in [3.63, 3.8) is 0 Å². The van der Waals surface area contributed by atoms with Gasteiger partial charge >= 0.3 is 0 Å². The second kappa shape index (κ2) is 5.69. The van der Waals surface area contributed by atoms with E-state index in [0.717, 1.165) is 17.9 Å². The number of para-hydroxylation sites is 1. The van der Waals surface area contributed by atoms with Crippen LogP contribution in [0.5, 0.6) is 0 Å². The van der Waals surface area contributed by atoms with Gasteiger partial charge in [0.2, 0.25) is 5.96 Å². The second-order valence-electron chi connectivity index (χ2n) is 4.75. The van der Waals surface area contributed by atoms with Gasteiger partial charge in [0, 0.05) is 31.7 Å². The maximum Gasteiger partial charge on any atom is 0.219 e. The Labute approximate surface area is 114 Å². The van der Waals surface area contributed by atoms with Gasteiger partial charge in [-0.25, -0.2) is 4.99 Å². The predicted octanol–water partition coefficient (Wildman–Crippen LogP) is 2.74. The molecule has 1 aliphatic heterocycles. The highest BCUT2D eigenvalue weighted by atomic mass is 15.3. The minimum Gasteiger partial charge on any atom is -0.341 e. The van der Waals surface area contributed by atoms with E-state index in [-0.39, 0.29) is 6.04 Å². The van der Waals surface area contributed by atoms with Crippen LogP contribution in [0.3, 0.4) is 0 Å². The summed E-state index contributed by atoms with van der Waals surface area (Å²) in [7, 11) is 1.91. The van der Waals surface area contributed by atoms with E-state index in [4.69, 9.17) is 5.41 Å². The van der Waals surface area contributed by atoms with Crippen molar-refractivity contribution in [1.29, 1.82) is 5.41 Å². The first kappa shape index (κ1) is 13.3. The molecule has 1 aromatic carbocycles. The van der Waals surface area contributed by atoms with Crippen molar-refractivity contribution in [3.05, 3.63) is 43.0 Å². The van der Waals surface area contributed by atoms with Gasteiger partial charge in [0.15, 0.2) is 0 Å². The van der Waals surface area contributed by atoms with Crippen molar-refractivity contribution in [3.8, 4) is 0 Å². The van der Waals surface area contributed by atoms with Crippen molar-refractivity contribution >= 4 is 17.5 Å². The molecule has 2 rings (SSSR count). The zero-order valence-electron chi connectivity index (χ0n) is 11.5. The third-order valence-corrected chi connectivity index (χ3v) is 3.40. The number of guanidine groups is 1. The number of hydrogen-bond donors (Lipinski definition) is 1. The van der Waals surface area contributed by atoms with Gasteiger partial charge in [-0.2, -0.15) is 0 Å². The van der Waals surface area contributed by atoms with E-state index in [9.17, 15) is 0 Å². The van der Waals surface area contributed by atoms with Crippen LogP contribution in [-0.2, 0) is 0 Å². The van der Waals surface area contributed by atoms with Crippen LogP contribution < -0.4 is 4.90 Å². The Kier molecular flexibility index (Phi) is 4.00. The van der Waals surface area contributed by atoms with Crippen LogP contribution in [0.25, 0.3) is 0 Å². The monoisotopic (exact) mass is 256 g/mol. The summed E-state index contributed by atoms with van der Waals surface area (Å²) in [6.07, 6.45) is 2.70. The maximum atomic E-state index is 7.93. The smallest absolute Gasteiger partial charge is 0.219 e. The number of rotatable bonds is 3. The molecule has 1 aliphatic rings. The van der Waals surface area contributed by atoms with Crippen LogP contribution in [0.2, 0.25) is 0 Å². The number of benzene rings is 1. The Morgan fingerprint density at radius 1 is 1.47 bits per heavy atom. The number of hydrogen-bond acceptors (Lipinski definition) is 2. The zero-order chi connectivity index (χ0) is 13.8. The van der Waals surface area contributed by atoms with Crippen molar-refractivity contribution in [2.45, 2.75) is 19.4 Å². The number of nitrogens with zero attached hydrogens (tertiary/aromatic N) is 3. The SMILES string of the molecule is C=CCN(C1=NC(=N)N(C)C(C)C1)c1ccccc1. The van der Waals surface area contributed by atoms with Crippen molar-refractivity contribution in [2.24, 2.45) is 4.99 Å². The standard InChI is InChI=1S/C15H20N4/c1-4-10-19(13-8-6-5-7-9-13)14-11-12(2)18(3)15(16)17-14/h4-9,12,16H,1,10-11H2,2-3H3. The molecule has 1 atom stereocenters. The summed E-state index contributed by atoms with van der Waals surface area (Å²) in [4.78, 5) is 8.42. The minimum absolute atomic E-state index is 0.288. The normalized spacial score (nSPS) is 19.1. The maximum absolute atomic E-state index is 7.93. The van der Waals surface area contributed by atoms with E-state index in [1.54, 1.807) is 0 Å². The lowest BCUT2D eigenvalue weighted by molar-refractivity contribution is 0.383. The van der Waals surface area contributed by atoms with Gasteiger partial charge in [-0.05, 0) is 19.1 Å². The number of aliphatic imine (C=N–C) groups is 1. The molecule has 0 saturated carbocycles. The van der Waals surface area contributed by atoms with Gasteiger partial charge in [-0.15, -0.1) is 6.58 Å². The molecule has 0 aromatic heterocycles. The Hall–Kier alpha value is -2.10. The van der Waals surface area contributed by atoms with Crippen molar-refractivity contribution in [2.75, 3.05) is 18.5 Å². The van der Waals surface area contributed by atoms with Crippen LogP contribution >= 0.6 is 0 Å². The van der Waals surface area contributed by atoms with Crippen molar-refractivity contribution < 1.29 is 0 Å². The molecule has 0 amide bonds. The van der Waals surface area contributed by atoms with E-state index < -0.39 is 0 Å². The van der Waals surface area contributed by atoms with Crippen LogP contribution in [-0.4, -0.2) is 36.3 Å². The van der Waals surface area contributed by atoms with E-state index in [2.05, 4.69) is 35.5 Å². The van der Waals surface area contributed by atoms with Gasteiger partial charge in [0.25, 0.3) is 0 Å². The summed E-state index contributed by atoms with van der Waals surface area (Å²) in [5.74, 6) is 1.25. The summed E-state index contributed by atoms with van der Waals surface area (Å²) in [6.45, 7) is 6.63. The van der Waals surface area contributed by atoms with Crippen LogP contribution in [0.4, 0.5) is 5.69 Å². The first-order chi connectivity index (χ1) is 9.13. The first-order valence-electron chi connectivity index (χ1n) is 6.46. The Morgan fingerprint density at radius 3 is 2.74 bits per heavy atom. The summed E-state index contributed by atoms with van der Waals surface area (Å²) in [5, 5.41) is 7.93. The lowest BCUT2D eigenvalue weighted by atomic mass is 10.1. The molecule has 0 spiro atoms. The van der Waals surface area contributed by atoms with Crippen LogP contribution in [0.15, 0.2) is 48.0 Å². The third kappa shape index (κ3) is 2.84. The molecule has 1 aromatic rings. The molecule has 0 radical (unpaired) electrons. The topological polar surface area (TPSA) is 42.7 Å². The van der Waals surface area contributed by atoms with E-state index in [0.29, 0.717) is 12.5 Å². The highest BCUT2D eigenvalue weighted by Gasteiger charge is 2.24. The Balaban J connectivity index is 2.33. The second-order valence-corrected chi connectivity index (χ2v) is 4.75. The van der Waals surface area contributed by atoms with Gasteiger partial charge in [-0.1, -0.05) is 24.3 Å². The van der Waals surface area contributed by atoms with Gasteiger partial charge in [-0.3, -0.25) is 5.41 Å². The third-order valence-electron chi connectivity index (χ3n) is 3.40. The van der Waals surface area contributed by atoms with E-state index in [1.807, 2.05) is 36.2 Å². The average Bonchev–Trinajstić information content (AvgIpc) is 2.42. The van der Waals surface area contributed by atoms with Crippen molar-refractivity contribution in [1.82, 2.24) is 4.90 Å². The Bertz CT molecular complexity index is 492. The molecular formula is C15H20N4. The lowest BCUT2D eigenvalue weighted by Crippen LogP contribution is -2.45. The number of nitrogens with one attached hydrogen (secondary N) is 1. The summed E-state index contributed by atoms with van der Waals surface area (Å²) < 4.78 is 0. The number of anilines is 1. The minimum atomic E-state index is 0.288. The molecule has 19 heavy (non-hydrogen) atoms. The van der Waals surface area contributed by atoms with Gasteiger partial charge in [0.05, 0.1) is 0 Å². The fourth-order valence-electron chi connectivity index (χ4n) is 2.12. The molecule has 1 N–H and O–H groups in total. The molecule has 4 nitrogen and oxygen atoms in total. The fourth-order valence-corrected chi connectivity index (χ4v) is 2.12. The van der Waals surface area contributed by atoms with E-state index >= 15 is 0 Å². The quantitative estimate of drug-likeness (QED) is 0.845. The zero-order valence-corrected chi connectivity index (χ0v) is 11.5. The van der Waals surface area contributed by atoms with Crippen LogP contribution in [0.1, 0.15) is 13.3 Å². The largest absolute Gasteiger partial charge is 0.341 e. The summed E-state index contributed by atoms with van der Waals surface area (Å²) >= 11 is 0. The van der Waals surface area contributed by atoms with E-state index in [1.165, 1.54) is 0 Å². The molecule has 0 fully saturated rings. The molecule has 4 heteroatoms. The molecule has 0 aliphatic carbocycles. The van der Waals surface area contributed by atoms with Gasteiger partial charge in [0.1, 0.15) is 5.84 Å². The highest BCUT2D eigenvalue weighted by Crippen LogP contribution is 2.20. The van der Waals surface area contributed by atoms with Gasteiger partial charge < -0.3 is 9.80 Å². The fraction of sp³-hybridized carbons (Fsp3) is 0.333. The molecule has 1 unspecified atom stereocenters. The Morgan fingerprint density at radius 2 is 2.16 bits per heavy atom. The number of amidine groups is 1. The molecule has 0 saturated heterocycles. The summed E-state index contributed by atoms with van der Waals surface area (Å²) in [6, 6.07) is 10.4.